The van der Waals surface area contributed by atoms with Crippen molar-refractivity contribution in [2.45, 2.75) is 83.5 Å². The van der Waals surface area contributed by atoms with E-state index in [1.165, 1.54) is 38.7 Å². The van der Waals surface area contributed by atoms with Gasteiger partial charge < -0.3 is 14.6 Å². The summed E-state index contributed by atoms with van der Waals surface area (Å²) >= 11 is 0. The first-order chi connectivity index (χ1) is 12.5. The average Bonchev–Trinajstić information content (AvgIpc) is 2.64. The van der Waals surface area contributed by atoms with Crippen LogP contribution < -0.4 is 4.74 Å². The number of aryl methyl sites for hydroxylation is 1. The Bertz CT molecular complexity index is 610. The number of hydrogen-bond acceptors (Lipinski definition) is 3. The van der Waals surface area contributed by atoms with Crippen LogP contribution in [0.5, 0.6) is 5.75 Å². The average molecular weight is 368 g/mol. The minimum atomic E-state index is -1.04. The lowest BCUT2D eigenvalue weighted by Gasteiger charge is -2.31. The quantitative estimate of drug-likeness (QED) is 0.760. The Balaban J connectivity index is 1.55. The molecule has 5 heteroatoms. The lowest BCUT2D eigenvalue weighted by atomic mass is 9.85. The molecule has 26 heavy (non-hydrogen) atoms. The van der Waals surface area contributed by atoms with Crippen molar-refractivity contribution < 1.29 is 23.4 Å². The summed E-state index contributed by atoms with van der Waals surface area (Å²) in [6, 6.07) is 1.52. The number of rotatable bonds is 6. The molecule has 3 nitrogen and oxygen atoms in total. The molecule has 1 N–H and O–H groups in total. The van der Waals surface area contributed by atoms with Crippen LogP contribution in [0.1, 0.15) is 76.0 Å². The van der Waals surface area contributed by atoms with E-state index in [1.54, 1.807) is 0 Å². The largest absolute Gasteiger partial charge is 0.485 e. The molecule has 1 saturated carbocycles. The highest BCUT2D eigenvalue weighted by Gasteiger charge is 2.29. The summed E-state index contributed by atoms with van der Waals surface area (Å²) in [5.74, 6) is -1.20. The Hall–Kier alpha value is -1.20. The molecule has 0 saturated heterocycles. The number of aliphatic hydroxyl groups is 1. The molecule has 2 unspecified atom stereocenters. The van der Waals surface area contributed by atoms with Crippen LogP contribution in [-0.4, -0.2) is 23.9 Å². The van der Waals surface area contributed by atoms with Gasteiger partial charge in [-0.3, -0.25) is 0 Å². The van der Waals surface area contributed by atoms with Crippen molar-refractivity contribution in [1.29, 1.82) is 0 Å². The molecule has 1 aliphatic heterocycles. The lowest BCUT2D eigenvalue weighted by Crippen LogP contribution is -2.32. The van der Waals surface area contributed by atoms with E-state index in [0.29, 0.717) is 25.0 Å². The van der Waals surface area contributed by atoms with Crippen LogP contribution in [0.3, 0.4) is 0 Å². The normalized spacial score (nSPS) is 26.9. The van der Waals surface area contributed by atoms with Crippen molar-refractivity contribution in [1.82, 2.24) is 0 Å². The van der Waals surface area contributed by atoms with Crippen LogP contribution in [0.4, 0.5) is 8.78 Å². The van der Waals surface area contributed by atoms with Crippen LogP contribution in [0.2, 0.25) is 0 Å². The van der Waals surface area contributed by atoms with Crippen molar-refractivity contribution in [3.8, 4) is 5.75 Å². The van der Waals surface area contributed by atoms with Gasteiger partial charge in [-0.1, -0.05) is 19.8 Å². The Morgan fingerprint density at radius 1 is 1.19 bits per heavy atom. The van der Waals surface area contributed by atoms with Gasteiger partial charge in [0.25, 0.3) is 0 Å². The summed E-state index contributed by atoms with van der Waals surface area (Å²) < 4.78 is 40.2. The second-order valence-corrected chi connectivity index (χ2v) is 7.80. The predicted octanol–water partition coefficient (Wildman–Crippen LogP) is 5.09. The number of halogens is 2. The number of benzene rings is 1. The molecule has 1 aliphatic carbocycles. The Morgan fingerprint density at radius 3 is 2.58 bits per heavy atom. The number of aliphatic hydroxyl groups excluding tert-OH is 1. The molecule has 2 atom stereocenters. The molecule has 0 bridgehead atoms. The molecule has 1 heterocycles. The highest BCUT2D eigenvalue weighted by atomic mass is 19.2. The maximum absolute atomic E-state index is 14.3. The van der Waals surface area contributed by atoms with Crippen LogP contribution >= 0.6 is 0 Å². The van der Waals surface area contributed by atoms with Gasteiger partial charge in [0, 0.05) is 5.56 Å². The molecule has 1 aromatic rings. The fraction of sp³-hybridized carbons (Fsp3) is 0.714. The van der Waals surface area contributed by atoms with Crippen molar-refractivity contribution in [2.75, 3.05) is 6.61 Å². The predicted molar refractivity (Wildman–Crippen MR) is 96.3 cm³/mol. The molecular weight excluding hydrogens is 338 g/mol. The fourth-order valence-electron chi connectivity index (χ4n) is 4.20. The molecule has 0 spiro atoms. The van der Waals surface area contributed by atoms with Gasteiger partial charge in [0.15, 0.2) is 11.6 Å². The molecule has 0 aromatic heterocycles. The Kier molecular flexibility index (Phi) is 6.51. The van der Waals surface area contributed by atoms with Crippen molar-refractivity contribution in [2.24, 2.45) is 5.92 Å². The van der Waals surface area contributed by atoms with Crippen LogP contribution in [-0.2, 0) is 11.2 Å². The molecular formula is C21H30F2O3. The smallest absolute Gasteiger partial charge is 0.201 e. The van der Waals surface area contributed by atoms with Gasteiger partial charge in [-0.05, 0) is 63.0 Å². The third-order valence-electron chi connectivity index (χ3n) is 5.75. The summed E-state index contributed by atoms with van der Waals surface area (Å²) in [6.45, 7) is 4.08. The topological polar surface area (TPSA) is 38.7 Å². The zero-order chi connectivity index (χ0) is 18.7. The summed E-state index contributed by atoms with van der Waals surface area (Å²) in [4.78, 5) is 0. The highest BCUT2D eigenvalue weighted by Crippen LogP contribution is 2.36. The zero-order valence-corrected chi connectivity index (χ0v) is 15.8. The second kappa shape index (κ2) is 8.66. The van der Waals surface area contributed by atoms with E-state index in [9.17, 15) is 13.9 Å². The van der Waals surface area contributed by atoms with Gasteiger partial charge in [0.1, 0.15) is 6.10 Å². The summed E-state index contributed by atoms with van der Waals surface area (Å²) in [6.07, 6.45) is 7.41. The van der Waals surface area contributed by atoms with Gasteiger partial charge in [0.2, 0.25) is 5.82 Å². The number of hydrogen-bond donors (Lipinski definition) is 1. The van der Waals surface area contributed by atoms with E-state index in [1.807, 2.05) is 0 Å². The maximum atomic E-state index is 14.3. The van der Waals surface area contributed by atoms with Gasteiger partial charge in [-0.2, -0.15) is 4.39 Å². The van der Waals surface area contributed by atoms with Crippen LogP contribution in [0, 0.1) is 17.6 Å². The number of ether oxygens (including phenoxy) is 2. The van der Waals surface area contributed by atoms with Gasteiger partial charge in [-0.25, -0.2) is 4.39 Å². The summed E-state index contributed by atoms with van der Waals surface area (Å²) in [7, 11) is 0. The van der Waals surface area contributed by atoms with Crippen molar-refractivity contribution >= 4 is 0 Å². The minimum absolute atomic E-state index is 0.0108. The molecule has 3 rings (SSSR count). The van der Waals surface area contributed by atoms with Gasteiger partial charge in [0.05, 0.1) is 18.8 Å². The minimum Gasteiger partial charge on any atom is -0.485 e. The summed E-state index contributed by atoms with van der Waals surface area (Å²) in [5.41, 5.74) is 0.611. The first-order valence-corrected chi connectivity index (χ1v) is 9.96. The van der Waals surface area contributed by atoms with E-state index in [2.05, 4.69) is 6.92 Å². The molecule has 146 valence electrons. The Morgan fingerprint density at radius 2 is 1.92 bits per heavy atom. The molecule has 0 amide bonds. The second-order valence-electron chi connectivity index (χ2n) is 7.80. The van der Waals surface area contributed by atoms with Crippen molar-refractivity contribution in [3.63, 3.8) is 0 Å². The van der Waals surface area contributed by atoms with Gasteiger partial charge in [-0.15, -0.1) is 0 Å². The molecule has 2 aliphatic rings. The highest BCUT2D eigenvalue weighted by molar-refractivity contribution is 5.42. The van der Waals surface area contributed by atoms with E-state index in [-0.39, 0.29) is 23.5 Å². The zero-order valence-electron chi connectivity index (χ0n) is 15.8. The maximum Gasteiger partial charge on any atom is 0.201 e. The third kappa shape index (κ3) is 4.37. The molecule has 1 fully saturated rings. The van der Waals surface area contributed by atoms with E-state index in [0.717, 1.165) is 18.8 Å². The monoisotopic (exact) mass is 368 g/mol. The first-order valence-electron chi connectivity index (χ1n) is 9.96. The van der Waals surface area contributed by atoms with Crippen LogP contribution in [0.15, 0.2) is 6.07 Å². The lowest BCUT2D eigenvalue weighted by molar-refractivity contribution is -0.0284. The SMILES string of the molecule is CCCC1CCC(OCC2CCc3cc(C(C)O)c(F)c(F)c3O2)CC1. The van der Waals surface area contributed by atoms with Gasteiger partial charge >= 0.3 is 0 Å². The van der Waals surface area contributed by atoms with E-state index in [4.69, 9.17) is 9.47 Å². The summed E-state index contributed by atoms with van der Waals surface area (Å²) in [5, 5.41) is 9.60. The standard InChI is InChI=1S/C21H30F2O3/c1-3-4-14-5-8-16(9-6-14)25-12-17-10-7-15-11-18(13(2)24)19(22)20(23)21(15)26-17/h11,13-14,16-17,24H,3-10,12H2,1-2H3. The third-order valence-corrected chi connectivity index (χ3v) is 5.75. The van der Waals surface area contributed by atoms with Crippen LogP contribution in [0.25, 0.3) is 0 Å². The molecule has 0 radical (unpaired) electrons. The Labute approximate surface area is 154 Å². The molecule has 1 aromatic carbocycles. The van der Waals surface area contributed by atoms with Crippen molar-refractivity contribution in [3.05, 3.63) is 28.8 Å². The van der Waals surface area contributed by atoms with E-state index < -0.39 is 17.7 Å². The van der Waals surface area contributed by atoms with E-state index >= 15 is 0 Å². The first kappa shape index (κ1) is 19.6. The number of fused-ring (bicyclic) bond motifs is 1. The fourth-order valence-corrected chi connectivity index (χ4v) is 4.20.